The van der Waals surface area contributed by atoms with Gasteiger partial charge in [0.1, 0.15) is 0 Å². The molecule has 0 aliphatic heterocycles. The number of hydrogen-bond donors (Lipinski definition) is 1. The van der Waals surface area contributed by atoms with Gasteiger partial charge in [0.15, 0.2) is 0 Å². The number of carbonyl (C=O) groups is 1. The summed E-state index contributed by atoms with van der Waals surface area (Å²) in [4.78, 5) is 22.9. The SMILES string of the molecule is COC(=O)c1ccc(C)c(Nc2nc(Cl)nc(Cl)n2)c1. The molecule has 1 aromatic carbocycles. The lowest BCUT2D eigenvalue weighted by Crippen LogP contribution is -2.05. The van der Waals surface area contributed by atoms with Crippen molar-refractivity contribution in [2.24, 2.45) is 0 Å². The third kappa shape index (κ3) is 3.34. The molecule has 6 nitrogen and oxygen atoms in total. The summed E-state index contributed by atoms with van der Waals surface area (Å²) in [5.41, 5.74) is 1.95. The summed E-state index contributed by atoms with van der Waals surface area (Å²) >= 11 is 11.4. The summed E-state index contributed by atoms with van der Waals surface area (Å²) in [7, 11) is 1.32. The predicted octanol–water partition coefficient (Wildman–Crippen LogP) is 3.02. The minimum absolute atomic E-state index is 0.0192. The highest BCUT2D eigenvalue weighted by Gasteiger charge is 2.10. The van der Waals surface area contributed by atoms with E-state index in [2.05, 4.69) is 25.0 Å². The number of anilines is 2. The number of benzene rings is 1. The number of esters is 1. The molecule has 0 saturated heterocycles. The Kier molecular flexibility index (Phi) is 4.36. The number of rotatable bonds is 3. The molecule has 0 amide bonds. The van der Waals surface area contributed by atoms with Gasteiger partial charge in [-0.2, -0.15) is 15.0 Å². The van der Waals surface area contributed by atoms with Gasteiger partial charge in [-0.1, -0.05) is 6.07 Å². The Morgan fingerprint density at radius 3 is 2.45 bits per heavy atom. The molecule has 0 aliphatic rings. The zero-order valence-corrected chi connectivity index (χ0v) is 12.2. The number of methoxy groups -OCH3 is 1. The Balaban J connectivity index is 2.34. The molecule has 1 N–H and O–H groups in total. The lowest BCUT2D eigenvalue weighted by Gasteiger charge is -2.09. The molecule has 20 heavy (non-hydrogen) atoms. The van der Waals surface area contributed by atoms with Gasteiger partial charge in [-0.05, 0) is 47.8 Å². The summed E-state index contributed by atoms with van der Waals surface area (Å²) in [6.07, 6.45) is 0. The van der Waals surface area contributed by atoms with Gasteiger partial charge in [0, 0.05) is 5.69 Å². The first kappa shape index (κ1) is 14.5. The molecule has 0 fully saturated rings. The van der Waals surface area contributed by atoms with Crippen molar-refractivity contribution in [2.45, 2.75) is 6.92 Å². The molecular formula is C12H10Cl2N4O2. The fourth-order valence-corrected chi connectivity index (χ4v) is 1.87. The van der Waals surface area contributed by atoms with Gasteiger partial charge >= 0.3 is 5.97 Å². The maximum absolute atomic E-state index is 11.5. The first-order valence-electron chi connectivity index (χ1n) is 5.52. The highest BCUT2D eigenvalue weighted by molar-refractivity contribution is 6.31. The second-order valence-electron chi connectivity index (χ2n) is 3.84. The smallest absolute Gasteiger partial charge is 0.337 e. The molecule has 2 rings (SSSR count). The predicted molar refractivity (Wildman–Crippen MR) is 75.6 cm³/mol. The average molecular weight is 313 g/mol. The van der Waals surface area contributed by atoms with Crippen LogP contribution in [0.4, 0.5) is 11.6 Å². The zero-order valence-electron chi connectivity index (χ0n) is 10.6. The Labute approximate surface area is 125 Å². The van der Waals surface area contributed by atoms with E-state index in [1.807, 2.05) is 6.92 Å². The van der Waals surface area contributed by atoms with Crippen molar-refractivity contribution in [3.63, 3.8) is 0 Å². The van der Waals surface area contributed by atoms with Crippen LogP contribution in [0.5, 0.6) is 0 Å². The van der Waals surface area contributed by atoms with Crippen LogP contribution in [0.2, 0.25) is 10.6 Å². The van der Waals surface area contributed by atoms with Crippen LogP contribution in [0, 0.1) is 6.92 Å². The van der Waals surface area contributed by atoms with Gasteiger partial charge in [0.25, 0.3) is 0 Å². The molecule has 0 atom stereocenters. The van der Waals surface area contributed by atoms with E-state index in [-0.39, 0.29) is 16.5 Å². The highest BCUT2D eigenvalue weighted by Crippen LogP contribution is 2.21. The molecule has 8 heteroatoms. The van der Waals surface area contributed by atoms with Crippen molar-refractivity contribution in [3.8, 4) is 0 Å². The van der Waals surface area contributed by atoms with E-state index in [0.717, 1.165) is 5.56 Å². The van der Waals surface area contributed by atoms with Crippen LogP contribution < -0.4 is 5.32 Å². The van der Waals surface area contributed by atoms with E-state index in [1.54, 1.807) is 18.2 Å². The summed E-state index contributed by atoms with van der Waals surface area (Å²) in [6.45, 7) is 1.87. The molecule has 104 valence electrons. The molecule has 0 aliphatic carbocycles. The molecule has 1 heterocycles. The maximum Gasteiger partial charge on any atom is 0.337 e. The monoisotopic (exact) mass is 312 g/mol. The number of nitrogens with zero attached hydrogens (tertiary/aromatic N) is 3. The van der Waals surface area contributed by atoms with Crippen LogP contribution in [0.25, 0.3) is 0 Å². The quantitative estimate of drug-likeness (QED) is 0.878. The summed E-state index contributed by atoms with van der Waals surface area (Å²) in [5, 5.41) is 2.90. The Hall–Kier alpha value is -1.92. The fraction of sp³-hybridized carbons (Fsp3) is 0.167. The van der Waals surface area contributed by atoms with E-state index in [1.165, 1.54) is 7.11 Å². The largest absolute Gasteiger partial charge is 0.465 e. The molecule has 0 bridgehead atoms. The average Bonchev–Trinajstić information content (AvgIpc) is 2.39. The van der Waals surface area contributed by atoms with Gasteiger partial charge in [0.2, 0.25) is 16.5 Å². The van der Waals surface area contributed by atoms with Crippen LogP contribution in [0.1, 0.15) is 15.9 Å². The maximum atomic E-state index is 11.5. The normalized spacial score (nSPS) is 10.2. The minimum Gasteiger partial charge on any atom is -0.465 e. The third-order valence-electron chi connectivity index (χ3n) is 2.49. The number of nitrogens with one attached hydrogen (secondary N) is 1. The molecule has 0 radical (unpaired) electrons. The van der Waals surface area contributed by atoms with Crippen molar-refractivity contribution in [1.29, 1.82) is 0 Å². The van der Waals surface area contributed by atoms with Gasteiger partial charge < -0.3 is 10.1 Å². The van der Waals surface area contributed by atoms with Crippen molar-refractivity contribution in [2.75, 3.05) is 12.4 Å². The zero-order chi connectivity index (χ0) is 14.7. The topological polar surface area (TPSA) is 77.0 Å². The Morgan fingerprint density at radius 2 is 1.85 bits per heavy atom. The minimum atomic E-state index is -0.431. The first-order valence-corrected chi connectivity index (χ1v) is 6.28. The third-order valence-corrected chi connectivity index (χ3v) is 2.82. The van der Waals surface area contributed by atoms with Gasteiger partial charge in [0.05, 0.1) is 12.7 Å². The van der Waals surface area contributed by atoms with Crippen LogP contribution in [0.15, 0.2) is 18.2 Å². The van der Waals surface area contributed by atoms with E-state index < -0.39 is 5.97 Å². The van der Waals surface area contributed by atoms with E-state index in [0.29, 0.717) is 11.3 Å². The fourth-order valence-electron chi connectivity index (χ4n) is 1.50. The highest BCUT2D eigenvalue weighted by atomic mass is 35.5. The van der Waals surface area contributed by atoms with E-state index in [4.69, 9.17) is 23.2 Å². The number of halogens is 2. The number of ether oxygens (including phenoxy) is 1. The van der Waals surface area contributed by atoms with Crippen molar-refractivity contribution in [1.82, 2.24) is 15.0 Å². The van der Waals surface area contributed by atoms with Gasteiger partial charge in [-0.3, -0.25) is 0 Å². The van der Waals surface area contributed by atoms with Crippen LogP contribution >= 0.6 is 23.2 Å². The van der Waals surface area contributed by atoms with E-state index >= 15 is 0 Å². The first-order chi connectivity index (χ1) is 9.49. The Morgan fingerprint density at radius 1 is 1.20 bits per heavy atom. The summed E-state index contributed by atoms with van der Waals surface area (Å²) in [5.74, 6) is -0.236. The number of aromatic nitrogens is 3. The second kappa shape index (κ2) is 6.02. The number of carbonyl (C=O) groups excluding carboxylic acids is 1. The van der Waals surface area contributed by atoms with Crippen molar-refractivity contribution in [3.05, 3.63) is 39.9 Å². The number of aryl methyl sites for hydroxylation is 1. The van der Waals surface area contributed by atoms with Gasteiger partial charge in [-0.25, -0.2) is 4.79 Å². The van der Waals surface area contributed by atoms with Crippen LogP contribution in [-0.4, -0.2) is 28.0 Å². The van der Waals surface area contributed by atoms with Crippen LogP contribution in [0.3, 0.4) is 0 Å². The van der Waals surface area contributed by atoms with Gasteiger partial charge in [-0.15, -0.1) is 0 Å². The summed E-state index contributed by atoms with van der Waals surface area (Å²) < 4.78 is 4.67. The standard InChI is InChI=1S/C12H10Cl2N4O2/c1-6-3-4-7(9(19)20-2)5-8(6)15-12-17-10(13)16-11(14)18-12/h3-5H,1-2H3,(H,15,16,17,18). The molecule has 2 aromatic rings. The molecule has 0 spiro atoms. The molecule has 0 unspecified atom stereocenters. The Bertz CT molecular complexity index is 644. The lowest BCUT2D eigenvalue weighted by molar-refractivity contribution is 0.0601. The van der Waals surface area contributed by atoms with Crippen molar-refractivity contribution < 1.29 is 9.53 Å². The second-order valence-corrected chi connectivity index (χ2v) is 4.52. The lowest BCUT2D eigenvalue weighted by atomic mass is 10.1. The molecule has 0 saturated carbocycles. The molecular weight excluding hydrogens is 303 g/mol. The molecule has 1 aromatic heterocycles. The van der Waals surface area contributed by atoms with Crippen molar-refractivity contribution >= 4 is 40.8 Å². The summed E-state index contributed by atoms with van der Waals surface area (Å²) in [6, 6.07) is 5.07. The number of hydrogen-bond acceptors (Lipinski definition) is 6. The van der Waals surface area contributed by atoms with E-state index in [9.17, 15) is 4.79 Å². The van der Waals surface area contributed by atoms with Crippen LogP contribution in [-0.2, 0) is 4.74 Å².